The van der Waals surface area contributed by atoms with Crippen LogP contribution in [0.25, 0.3) is 0 Å². The van der Waals surface area contributed by atoms with Gasteiger partial charge in [-0.25, -0.2) is 0 Å². The molecule has 28 heavy (non-hydrogen) atoms. The lowest BCUT2D eigenvalue weighted by molar-refractivity contribution is -0.0571. The van der Waals surface area contributed by atoms with E-state index in [2.05, 4.69) is 46.0 Å². The highest BCUT2D eigenvalue weighted by Crippen LogP contribution is 2.67. The molecule has 0 amide bonds. The van der Waals surface area contributed by atoms with Crippen molar-refractivity contribution < 1.29 is 5.11 Å². The summed E-state index contributed by atoms with van der Waals surface area (Å²) in [4.78, 5) is 0. The van der Waals surface area contributed by atoms with Crippen LogP contribution in [-0.4, -0.2) is 23.8 Å². The van der Waals surface area contributed by atoms with Crippen LogP contribution in [0.5, 0.6) is 0 Å². The molecular formula is C26H45NO. The van der Waals surface area contributed by atoms with E-state index in [1.54, 1.807) is 5.57 Å². The zero-order valence-electron chi connectivity index (χ0n) is 19.1. The van der Waals surface area contributed by atoms with Crippen LogP contribution in [0, 0.1) is 40.4 Å². The fourth-order valence-electron chi connectivity index (χ4n) is 8.42. The van der Waals surface area contributed by atoms with E-state index in [0.29, 0.717) is 16.9 Å². The standard InChI is InChI=1S/C26H45NO/c1-17(2)27-15-12-18(3)22-8-9-23-21-7-6-19-16-20(28)10-13-25(19,4)24(21)11-14-26(22,23)5/h6,17-18,20-24,27-28H,7-16H2,1-5H3/t18-,20+,21+,22-,23+,24+,25+,26-/m1/s1. The van der Waals surface area contributed by atoms with Crippen molar-refractivity contribution in [1.29, 1.82) is 0 Å². The fraction of sp³-hybridized carbons (Fsp3) is 0.923. The molecule has 3 saturated carbocycles. The molecule has 0 aliphatic heterocycles. The van der Waals surface area contributed by atoms with Crippen LogP contribution < -0.4 is 5.32 Å². The number of hydrogen-bond donors (Lipinski definition) is 2. The molecule has 0 aromatic carbocycles. The van der Waals surface area contributed by atoms with Gasteiger partial charge in [-0.05, 0) is 105 Å². The maximum atomic E-state index is 10.2. The predicted octanol–water partition coefficient (Wildman–Crippen LogP) is 5.95. The highest BCUT2D eigenvalue weighted by atomic mass is 16.3. The minimum atomic E-state index is -0.0825. The molecule has 0 aromatic heterocycles. The SMILES string of the molecule is CC(C)NCC[C@@H](C)[C@H]1CC[C@H]2[C@@H]3CC=C4C[C@@H](O)CC[C@]4(C)[C@H]3CC[C@]12C. The van der Waals surface area contributed by atoms with Gasteiger partial charge in [0.25, 0.3) is 0 Å². The first-order chi connectivity index (χ1) is 13.3. The van der Waals surface area contributed by atoms with Gasteiger partial charge in [0.05, 0.1) is 6.10 Å². The molecular weight excluding hydrogens is 342 g/mol. The van der Waals surface area contributed by atoms with E-state index < -0.39 is 0 Å². The number of hydrogen-bond acceptors (Lipinski definition) is 2. The number of aliphatic hydroxyl groups is 1. The van der Waals surface area contributed by atoms with Gasteiger partial charge in [-0.1, -0.05) is 46.3 Å². The molecule has 0 bridgehead atoms. The lowest BCUT2D eigenvalue weighted by Gasteiger charge is -2.58. The first-order valence-corrected chi connectivity index (χ1v) is 12.4. The van der Waals surface area contributed by atoms with Gasteiger partial charge in [0.15, 0.2) is 0 Å². The number of aliphatic hydroxyl groups excluding tert-OH is 1. The minimum absolute atomic E-state index is 0.0825. The first-order valence-electron chi connectivity index (χ1n) is 12.4. The van der Waals surface area contributed by atoms with Crippen molar-refractivity contribution in [2.45, 2.75) is 105 Å². The Morgan fingerprint density at radius 1 is 1.07 bits per heavy atom. The van der Waals surface area contributed by atoms with Crippen LogP contribution in [-0.2, 0) is 0 Å². The van der Waals surface area contributed by atoms with Crippen molar-refractivity contribution in [1.82, 2.24) is 5.32 Å². The van der Waals surface area contributed by atoms with Gasteiger partial charge in [0.1, 0.15) is 0 Å². The van der Waals surface area contributed by atoms with Gasteiger partial charge in [0, 0.05) is 6.04 Å². The van der Waals surface area contributed by atoms with Gasteiger partial charge >= 0.3 is 0 Å². The Morgan fingerprint density at radius 3 is 2.61 bits per heavy atom. The Labute approximate surface area is 173 Å². The van der Waals surface area contributed by atoms with Gasteiger partial charge < -0.3 is 10.4 Å². The summed E-state index contributed by atoms with van der Waals surface area (Å²) in [5, 5.41) is 13.8. The molecule has 0 unspecified atom stereocenters. The van der Waals surface area contributed by atoms with E-state index >= 15 is 0 Å². The molecule has 0 spiro atoms. The van der Waals surface area contributed by atoms with Crippen molar-refractivity contribution in [2.24, 2.45) is 40.4 Å². The second kappa shape index (κ2) is 7.73. The van der Waals surface area contributed by atoms with Crippen molar-refractivity contribution in [3.05, 3.63) is 11.6 Å². The maximum Gasteiger partial charge on any atom is 0.0577 e. The summed E-state index contributed by atoms with van der Waals surface area (Å²) in [5.74, 6) is 4.45. The van der Waals surface area contributed by atoms with Crippen molar-refractivity contribution in [3.8, 4) is 0 Å². The van der Waals surface area contributed by atoms with Crippen LogP contribution in [0.15, 0.2) is 11.6 Å². The highest BCUT2D eigenvalue weighted by Gasteiger charge is 2.59. The summed E-state index contributed by atoms with van der Waals surface area (Å²) < 4.78 is 0. The van der Waals surface area contributed by atoms with Crippen LogP contribution in [0.4, 0.5) is 0 Å². The Balaban J connectivity index is 1.49. The van der Waals surface area contributed by atoms with Crippen molar-refractivity contribution in [3.63, 3.8) is 0 Å². The van der Waals surface area contributed by atoms with Crippen molar-refractivity contribution in [2.75, 3.05) is 6.54 Å². The Bertz CT molecular complexity index is 597. The molecule has 2 N–H and O–H groups in total. The minimum Gasteiger partial charge on any atom is -0.393 e. The Hall–Kier alpha value is -0.340. The molecule has 0 radical (unpaired) electrons. The van der Waals surface area contributed by atoms with E-state index in [1.807, 2.05) is 0 Å². The lowest BCUT2D eigenvalue weighted by atomic mass is 9.47. The van der Waals surface area contributed by atoms with Crippen molar-refractivity contribution >= 4 is 0 Å². The monoisotopic (exact) mass is 387 g/mol. The molecule has 3 fully saturated rings. The van der Waals surface area contributed by atoms with Crippen LogP contribution in [0.2, 0.25) is 0 Å². The molecule has 2 nitrogen and oxygen atoms in total. The second-order valence-corrected chi connectivity index (χ2v) is 11.8. The second-order valence-electron chi connectivity index (χ2n) is 11.8. The molecule has 4 aliphatic carbocycles. The van der Waals surface area contributed by atoms with E-state index in [4.69, 9.17) is 0 Å². The number of fused-ring (bicyclic) bond motifs is 5. The van der Waals surface area contributed by atoms with E-state index in [-0.39, 0.29) is 6.10 Å². The van der Waals surface area contributed by atoms with Gasteiger partial charge in [-0.2, -0.15) is 0 Å². The summed E-state index contributed by atoms with van der Waals surface area (Å²) in [6.07, 6.45) is 14.1. The molecule has 8 atom stereocenters. The number of nitrogens with one attached hydrogen (secondary N) is 1. The third-order valence-corrected chi connectivity index (χ3v) is 9.99. The first kappa shape index (κ1) is 20.9. The fourth-order valence-corrected chi connectivity index (χ4v) is 8.42. The lowest BCUT2D eigenvalue weighted by Crippen LogP contribution is -2.50. The maximum absolute atomic E-state index is 10.2. The molecule has 2 heteroatoms. The number of rotatable bonds is 5. The summed E-state index contributed by atoms with van der Waals surface area (Å²) in [7, 11) is 0. The van der Waals surface area contributed by atoms with E-state index in [0.717, 1.165) is 42.4 Å². The predicted molar refractivity (Wildman–Crippen MR) is 118 cm³/mol. The average molecular weight is 388 g/mol. The molecule has 4 aliphatic rings. The molecule has 0 heterocycles. The van der Waals surface area contributed by atoms with E-state index in [1.165, 1.54) is 51.5 Å². The van der Waals surface area contributed by atoms with Gasteiger partial charge in [-0.15, -0.1) is 0 Å². The number of allylic oxidation sites excluding steroid dienone is 1. The zero-order chi connectivity index (χ0) is 20.1. The normalized spacial score (nSPS) is 46.5. The summed E-state index contributed by atoms with van der Waals surface area (Å²) in [6.45, 7) is 13.5. The third kappa shape index (κ3) is 3.41. The molecule has 160 valence electrons. The largest absolute Gasteiger partial charge is 0.393 e. The Morgan fingerprint density at radius 2 is 1.86 bits per heavy atom. The van der Waals surface area contributed by atoms with Gasteiger partial charge in [-0.3, -0.25) is 0 Å². The molecule has 0 saturated heterocycles. The highest BCUT2D eigenvalue weighted by molar-refractivity contribution is 5.25. The van der Waals surface area contributed by atoms with E-state index in [9.17, 15) is 5.11 Å². The molecule has 4 rings (SSSR count). The van der Waals surface area contributed by atoms with Crippen LogP contribution in [0.3, 0.4) is 0 Å². The Kier molecular flexibility index (Phi) is 5.77. The smallest absolute Gasteiger partial charge is 0.0577 e. The summed E-state index contributed by atoms with van der Waals surface area (Å²) >= 11 is 0. The van der Waals surface area contributed by atoms with Gasteiger partial charge in [0.2, 0.25) is 0 Å². The third-order valence-electron chi connectivity index (χ3n) is 9.99. The average Bonchev–Trinajstić information content (AvgIpc) is 2.99. The molecule has 0 aromatic rings. The van der Waals surface area contributed by atoms with Crippen LogP contribution >= 0.6 is 0 Å². The zero-order valence-corrected chi connectivity index (χ0v) is 19.1. The summed E-state index contributed by atoms with van der Waals surface area (Å²) in [5.41, 5.74) is 2.56. The summed E-state index contributed by atoms with van der Waals surface area (Å²) in [6, 6.07) is 0.604. The topological polar surface area (TPSA) is 32.3 Å². The van der Waals surface area contributed by atoms with Crippen LogP contribution in [0.1, 0.15) is 92.4 Å². The quantitative estimate of drug-likeness (QED) is 0.571.